The number of para-hydroxylation sites is 1. The smallest absolute Gasteiger partial charge is 0.122 e. The predicted octanol–water partition coefficient (Wildman–Crippen LogP) is 4.50. The first kappa shape index (κ1) is 13.2. The zero-order valence-electron chi connectivity index (χ0n) is 10.4. The number of halogens is 1. The molecule has 1 aliphatic heterocycles. The summed E-state index contributed by atoms with van der Waals surface area (Å²) in [5.74, 6) is 1.35. The lowest BCUT2D eigenvalue weighted by Crippen LogP contribution is -2.16. The average Bonchev–Trinajstić information content (AvgIpc) is 2.86. The summed E-state index contributed by atoms with van der Waals surface area (Å²) in [5.41, 5.74) is 1.23. The number of aliphatic hydroxyl groups excluding tert-OH is 1. The summed E-state index contributed by atoms with van der Waals surface area (Å²) in [6.07, 6.45) is 1.33. The molecular weight excluding hydrogens is 324 g/mol. The van der Waals surface area contributed by atoms with Gasteiger partial charge in [0.1, 0.15) is 5.75 Å². The number of hydrogen-bond donors (Lipinski definition) is 1. The van der Waals surface area contributed by atoms with E-state index in [9.17, 15) is 5.11 Å². The molecule has 0 fully saturated rings. The Hall–Kier alpha value is -0.840. The van der Waals surface area contributed by atoms with Gasteiger partial charge in [-0.15, -0.1) is 11.3 Å². The van der Waals surface area contributed by atoms with Crippen molar-refractivity contribution in [3.63, 3.8) is 0 Å². The van der Waals surface area contributed by atoms with Crippen molar-refractivity contribution in [3.05, 3.63) is 50.6 Å². The topological polar surface area (TPSA) is 29.5 Å². The van der Waals surface area contributed by atoms with Gasteiger partial charge in [0, 0.05) is 14.7 Å². The Kier molecular flexibility index (Phi) is 3.91. The number of hydrogen-bond acceptors (Lipinski definition) is 3. The van der Waals surface area contributed by atoms with Gasteiger partial charge in [-0.05, 0) is 52.4 Å². The van der Waals surface area contributed by atoms with E-state index in [-0.39, 0.29) is 0 Å². The standard InChI is InChI=1S/C15H15BrO2S/c16-11-8-15(19-9-11)13(17)7-10-5-6-18-14-4-2-1-3-12(10)14/h1-4,8-10,13,17H,5-7H2. The third-order valence-electron chi connectivity index (χ3n) is 3.51. The third kappa shape index (κ3) is 2.86. The van der Waals surface area contributed by atoms with E-state index < -0.39 is 6.10 Å². The van der Waals surface area contributed by atoms with Gasteiger partial charge in [0.05, 0.1) is 12.7 Å². The van der Waals surface area contributed by atoms with Gasteiger partial charge in [0.15, 0.2) is 0 Å². The van der Waals surface area contributed by atoms with Crippen LogP contribution in [0.1, 0.15) is 35.3 Å². The molecule has 3 rings (SSSR count). The molecule has 100 valence electrons. The quantitative estimate of drug-likeness (QED) is 0.892. The van der Waals surface area contributed by atoms with E-state index in [0.717, 1.165) is 34.5 Å². The Labute approximate surface area is 125 Å². The monoisotopic (exact) mass is 338 g/mol. The fraction of sp³-hybridized carbons (Fsp3) is 0.333. The lowest BCUT2D eigenvalue weighted by molar-refractivity contribution is 0.148. The molecule has 0 saturated carbocycles. The first-order valence-electron chi connectivity index (χ1n) is 6.38. The molecule has 0 saturated heterocycles. The molecule has 2 heterocycles. The maximum atomic E-state index is 10.4. The van der Waals surface area contributed by atoms with Crippen LogP contribution in [0.4, 0.5) is 0 Å². The molecule has 0 spiro atoms. The number of aliphatic hydroxyl groups is 1. The molecule has 4 heteroatoms. The largest absolute Gasteiger partial charge is 0.493 e. The van der Waals surface area contributed by atoms with Gasteiger partial charge < -0.3 is 9.84 Å². The predicted molar refractivity (Wildman–Crippen MR) is 80.9 cm³/mol. The van der Waals surface area contributed by atoms with Crippen molar-refractivity contribution in [2.24, 2.45) is 0 Å². The fourth-order valence-electron chi connectivity index (χ4n) is 2.55. The van der Waals surface area contributed by atoms with Gasteiger partial charge in [0.25, 0.3) is 0 Å². The van der Waals surface area contributed by atoms with Crippen LogP contribution < -0.4 is 4.74 Å². The summed E-state index contributed by atoms with van der Waals surface area (Å²) in [7, 11) is 0. The number of benzene rings is 1. The second-order valence-electron chi connectivity index (χ2n) is 4.79. The normalized spacial score (nSPS) is 19.6. The fourth-order valence-corrected chi connectivity index (χ4v) is 3.99. The molecule has 2 atom stereocenters. The molecule has 0 amide bonds. The summed E-state index contributed by atoms with van der Waals surface area (Å²) in [6, 6.07) is 10.1. The molecule has 19 heavy (non-hydrogen) atoms. The molecule has 2 nitrogen and oxygen atoms in total. The van der Waals surface area contributed by atoms with Crippen LogP contribution in [0.3, 0.4) is 0 Å². The lowest BCUT2D eigenvalue weighted by Gasteiger charge is -2.27. The van der Waals surface area contributed by atoms with Gasteiger partial charge in [-0.1, -0.05) is 18.2 Å². The van der Waals surface area contributed by atoms with Crippen LogP contribution in [0.2, 0.25) is 0 Å². The highest BCUT2D eigenvalue weighted by molar-refractivity contribution is 9.10. The maximum absolute atomic E-state index is 10.4. The molecule has 0 aliphatic carbocycles. The van der Waals surface area contributed by atoms with E-state index in [0.29, 0.717) is 5.92 Å². The molecule has 1 N–H and O–H groups in total. The molecule has 0 bridgehead atoms. The SMILES string of the molecule is OC(CC1CCOc2ccccc21)c1cc(Br)cs1. The maximum Gasteiger partial charge on any atom is 0.122 e. The van der Waals surface area contributed by atoms with E-state index >= 15 is 0 Å². The third-order valence-corrected chi connectivity index (χ3v) is 5.30. The lowest BCUT2D eigenvalue weighted by atomic mass is 9.88. The van der Waals surface area contributed by atoms with E-state index in [1.54, 1.807) is 11.3 Å². The summed E-state index contributed by atoms with van der Waals surface area (Å²) in [4.78, 5) is 1.02. The van der Waals surface area contributed by atoms with Crippen LogP contribution in [0.15, 0.2) is 40.2 Å². The minimum Gasteiger partial charge on any atom is -0.493 e. The van der Waals surface area contributed by atoms with Crippen molar-refractivity contribution < 1.29 is 9.84 Å². The van der Waals surface area contributed by atoms with Crippen LogP contribution in [-0.2, 0) is 0 Å². The molecule has 1 aromatic carbocycles. The first-order valence-corrected chi connectivity index (χ1v) is 8.05. The van der Waals surface area contributed by atoms with Crippen molar-refractivity contribution in [2.45, 2.75) is 24.9 Å². The first-order chi connectivity index (χ1) is 9.24. The van der Waals surface area contributed by atoms with Crippen molar-refractivity contribution in [1.29, 1.82) is 0 Å². The number of fused-ring (bicyclic) bond motifs is 1. The zero-order valence-corrected chi connectivity index (χ0v) is 12.8. The average molecular weight is 339 g/mol. The minimum atomic E-state index is -0.396. The summed E-state index contributed by atoms with van der Waals surface area (Å²) in [5, 5.41) is 12.4. The van der Waals surface area contributed by atoms with Crippen LogP contribution in [0.5, 0.6) is 5.75 Å². The number of rotatable bonds is 3. The minimum absolute atomic E-state index is 0.376. The highest BCUT2D eigenvalue weighted by Crippen LogP contribution is 2.40. The zero-order chi connectivity index (χ0) is 13.2. The van der Waals surface area contributed by atoms with Gasteiger partial charge in [-0.25, -0.2) is 0 Å². The number of thiophene rings is 1. The Bertz CT molecular complexity index is 567. The second-order valence-corrected chi connectivity index (χ2v) is 6.65. The van der Waals surface area contributed by atoms with Gasteiger partial charge in [-0.3, -0.25) is 0 Å². The molecule has 0 radical (unpaired) electrons. The molecule has 2 unspecified atom stereocenters. The summed E-state index contributed by atoms with van der Waals surface area (Å²) in [6.45, 7) is 0.739. The van der Waals surface area contributed by atoms with E-state index in [4.69, 9.17) is 4.74 Å². The highest BCUT2D eigenvalue weighted by atomic mass is 79.9. The molecule has 1 aromatic heterocycles. The Morgan fingerprint density at radius 1 is 1.42 bits per heavy atom. The van der Waals surface area contributed by atoms with Crippen molar-refractivity contribution in [2.75, 3.05) is 6.61 Å². The molecular formula is C15H15BrO2S. The van der Waals surface area contributed by atoms with E-state index in [1.807, 2.05) is 29.6 Å². The van der Waals surface area contributed by atoms with Crippen LogP contribution in [0.25, 0.3) is 0 Å². The number of ether oxygens (including phenoxy) is 1. The van der Waals surface area contributed by atoms with Crippen molar-refractivity contribution in [3.8, 4) is 5.75 Å². The van der Waals surface area contributed by atoms with Crippen molar-refractivity contribution in [1.82, 2.24) is 0 Å². The van der Waals surface area contributed by atoms with Crippen molar-refractivity contribution >= 4 is 27.3 Å². The Balaban J connectivity index is 1.77. The summed E-state index contributed by atoms with van der Waals surface area (Å²) < 4.78 is 6.70. The van der Waals surface area contributed by atoms with Crippen LogP contribution in [-0.4, -0.2) is 11.7 Å². The highest BCUT2D eigenvalue weighted by Gasteiger charge is 2.24. The van der Waals surface area contributed by atoms with E-state index in [2.05, 4.69) is 22.0 Å². The second kappa shape index (κ2) is 5.65. The van der Waals surface area contributed by atoms with Crippen LogP contribution >= 0.6 is 27.3 Å². The Morgan fingerprint density at radius 3 is 3.05 bits per heavy atom. The Morgan fingerprint density at radius 2 is 2.26 bits per heavy atom. The summed E-state index contributed by atoms with van der Waals surface area (Å²) >= 11 is 5.03. The van der Waals surface area contributed by atoms with Gasteiger partial charge in [-0.2, -0.15) is 0 Å². The molecule has 1 aliphatic rings. The van der Waals surface area contributed by atoms with Gasteiger partial charge >= 0.3 is 0 Å². The van der Waals surface area contributed by atoms with Crippen LogP contribution in [0, 0.1) is 0 Å². The van der Waals surface area contributed by atoms with Gasteiger partial charge in [0.2, 0.25) is 0 Å². The van der Waals surface area contributed by atoms with E-state index in [1.165, 1.54) is 5.56 Å². The molecule has 2 aromatic rings.